The van der Waals surface area contributed by atoms with E-state index in [0.29, 0.717) is 5.41 Å². The number of guanidine groups is 1. The van der Waals surface area contributed by atoms with Gasteiger partial charge in [-0.2, -0.15) is 0 Å². The predicted octanol–water partition coefficient (Wildman–Crippen LogP) is 2.81. The Hall–Kier alpha value is -1.60. The highest BCUT2D eigenvalue weighted by Gasteiger charge is 2.34. The van der Waals surface area contributed by atoms with Crippen molar-refractivity contribution in [3.63, 3.8) is 0 Å². The van der Waals surface area contributed by atoms with Crippen LogP contribution in [0, 0.1) is 12.3 Å². The van der Waals surface area contributed by atoms with Gasteiger partial charge in [0.1, 0.15) is 5.82 Å². The van der Waals surface area contributed by atoms with Crippen molar-refractivity contribution in [2.45, 2.75) is 65.3 Å². The van der Waals surface area contributed by atoms with Crippen LogP contribution in [0.4, 0.5) is 0 Å². The summed E-state index contributed by atoms with van der Waals surface area (Å²) in [5.41, 5.74) is 0.330. The summed E-state index contributed by atoms with van der Waals surface area (Å²) in [6.07, 6.45) is 12.9. The summed E-state index contributed by atoms with van der Waals surface area (Å²) in [5.74, 6) is 2.07. The van der Waals surface area contributed by atoms with E-state index in [1.165, 1.54) is 38.6 Å². The molecule has 0 amide bonds. The molecule has 0 spiro atoms. The van der Waals surface area contributed by atoms with E-state index in [4.69, 9.17) is 9.73 Å². The third-order valence-corrected chi connectivity index (χ3v) is 6.54. The first-order chi connectivity index (χ1) is 14.7. The van der Waals surface area contributed by atoms with Gasteiger partial charge in [-0.3, -0.25) is 9.89 Å². The number of aliphatic imine (C=N–C) groups is 1. The lowest BCUT2D eigenvalue weighted by Crippen LogP contribution is -2.46. The predicted molar refractivity (Wildman–Crippen MR) is 123 cm³/mol. The summed E-state index contributed by atoms with van der Waals surface area (Å²) in [4.78, 5) is 12.0. The van der Waals surface area contributed by atoms with Crippen LogP contribution in [0.5, 0.6) is 0 Å². The van der Waals surface area contributed by atoms with E-state index < -0.39 is 0 Å². The van der Waals surface area contributed by atoms with Crippen LogP contribution in [0.3, 0.4) is 0 Å². The molecule has 7 nitrogen and oxygen atoms in total. The van der Waals surface area contributed by atoms with Crippen LogP contribution < -0.4 is 10.6 Å². The van der Waals surface area contributed by atoms with Crippen LogP contribution in [0.2, 0.25) is 0 Å². The number of unbranched alkanes of at least 4 members (excludes halogenated alkanes) is 1. The minimum absolute atomic E-state index is 0.330. The highest BCUT2D eigenvalue weighted by Crippen LogP contribution is 2.37. The van der Waals surface area contributed by atoms with E-state index >= 15 is 0 Å². The number of aromatic nitrogens is 2. The first-order valence-corrected chi connectivity index (χ1v) is 12.0. The van der Waals surface area contributed by atoms with Crippen LogP contribution in [0.15, 0.2) is 17.4 Å². The zero-order valence-electron chi connectivity index (χ0n) is 19.2. The van der Waals surface area contributed by atoms with E-state index in [9.17, 15) is 0 Å². The molecule has 30 heavy (non-hydrogen) atoms. The fourth-order valence-electron chi connectivity index (χ4n) is 4.74. The molecule has 0 radical (unpaired) electrons. The summed E-state index contributed by atoms with van der Waals surface area (Å²) in [6, 6.07) is 0. The fraction of sp³-hybridized carbons (Fsp3) is 0.826. The van der Waals surface area contributed by atoms with Crippen molar-refractivity contribution in [2.24, 2.45) is 10.4 Å². The molecule has 3 rings (SSSR count). The summed E-state index contributed by atoms with van der Waals surface area (Å²) >= 11 is 0. The van der Waals surface area contributed by atoms with Gasteiger partial charge in [0, 0.05) is 63.6 Å². The van der Waals surface area contributed by atoms with Gasteiger partial charge in [0.2, 0.25) is 0 Å². The number of hydrogen-bond acceptors (Lipinski definition) is 4. The molecule has 0 bridgehead atoms. The maximum atomic E-state index is 5.55. The Kier molecular flexibility index (Phi) is 9.46. The highest BCUT2D eigenvalue weighted by molar-refractivity contribution is 5.79. The standard InChI is InChI=1S/C23H42N6O/c1-3-24-22(26-11-7-8-13-29-14-12-25-21(29)2)27-19-23(9-5-4-6-10-23)20-28-15-17-30-18-16-28/h12,14H,3-11,13,15-20H2,1-2H3,(H2,24,26,27). The number of ether oxygens (including phenoxy) is 1. The molecule has 7 heteroatoms. The first kappa shape index (κ1) is 23.1. The van der Waals surface area contributed by atoms with Crippen molar-refractivity contribution < 1.29 is 4.74 Å². The Labute approximate surface area is 182 Å². The number of rotatable bonds is 10. The van der Waals surface area contributed by atoms with E-state index in [1.54, 1.807) is 0 Å². The topological polar surface area (TPSA) is 66.7 Å². The van der Waals surface area contributed by atoms with Crippen molar-refractivity contribution in [1.82, 2.24) is 25.1 Å². The SMILES string of the molecule is CCNC(=NCC1(CN2CCOCC2)CCCCC1)NCCCCn1ccnc1C. The van der Waals surface area contributed by atoms with Crippen LogP contribution in [0.1, 0.15) is 57.7 Å². The molecule has 0 unspecified atom stereocenters. The van der Waals surface area contributed by atoms with Gasteiger partial charge in [0.25, 0.3) is 0 Å². The lowest BCUT2D eigenvalue weighted by Gasteiger charge is -2.41. The molecule has 170 valence electrons. The number of hydrogen-bond donors (Lipinski definition) is 2. The van der Waals surface area contributed by atoms with E-state index in [0.717, 1.165) is 77.1 Å². The maximum absolute atomic E-state index is 5.55. The molecule has 2 fully saturated rings. The van der Waals surface area contributed by atoms with Crippen LogP contribution in [-0.2, 0) is 11.3 Å². The van der Waals surface area contributed by atoms with Crippen molar-refractivity contribution in [3.05, 3.63) is 18.2 Å². The molecule has 2 aliphatic rings. The van der Waals surface area contributed by atoms with Crippen LogP contribution in [0.25, 0.3) is 0 Å². The van der Waals surface area contributed by atoms with Gasteiger partial charge >= 0.3 is 0 Å². The summed E-state index contributed by atoms with van der Waals surface area (Å²) in [5, 5.41) is 7.00. The largest absolute Gasteiger partial charge is 0.379 e. The van der Waals surface area contributed by atoms with Gasteiger partial charge in [0.15, 0.2) is 5.96 Å². The lowest BCUT2D eigenvalue weighted by molar-refractivity contribution is 0.00937. The van der Waals surface area contributed by atoms with Gasteiger partial charge in [-0.25, -0.2) is 4.98 Å². The quantitative estimate of drug-likeness (QED) is 0.347. The Balaban J connectivity index is 1.48. The summed E-state index contributed by atoms with van der Waals surface area (Å²) in [6.45, 7) is 13.1. The first-order valence-electron chi connectivity index (χ1n) is 12.0. The third kappa shape index (κ3) is 7.27. The van der Waals surface area contributed by atoms with Crippen molar-refractivity contribution in [2.75, 3.05) is 52.5 Å². The van der Waals surface area contributed by atoms with Crippen molar-refractivity contribution >= 4 is 5.96 Å². The van der Waals surface area contributed by atoms with Crippen molar-refractivity contribution in [3.8, 4) is 0 Å². The molecule has 2 heterocycles. The summed E-state index contributed by atoms with van der Waals surface area (Å²) in [7, 11) is 0. The molecular formula is C23H42N6O. The van der Waals surface area contributed by atoms with Gasteiger partial charge < -0.3 is 19.9 Å². The van der Waals surface area contributed by atoms with E-state index in [2.05, 4.69) is 45.1 Å². The number of nitrogens with zero attached hydrogens (tertiary/aromatic N) is 4. The number of nitrogens with one attached hydrogen (secondary N) is 2. The Bertz CT molecular complexity index is 631. The second-order valence-electron chi connectivity index (χ2n) is 8.95. The second-order valence-corrected chi connectivity index (χ2v) is 8.95. The number of morpholine rings is 1. The molecule has 1 aromatic rings. The third-order valence-electron chi connectivity index (χ3n) is 6.54. The van der Waals surface area contributed by atoms with Gasteiger partial charge in [-0.15, -0.1) is 0 Å². The molecule has 1 aromatic heterocycles. The molecule has 0 atom stereocenters. The molecule has 0 aromatic carbocycles. The van der Waals surface area contributed by atoms with Crippen LogP contribution >= 0.6 is 0 Å². The van der Waals surface area contributed by atoms with E-state index in [1.807, 2.05) is 6.20 Å². The molecule has 2 N–H and O–H groups in total. The number of aryl methyl sites for hydroxylation is 2. The Morgan fingerprint density at radius 2 is 1.97 bits per heavy atom. The van der Waals surface area contributed by atoms with Gasteiger partial charge in [-0.05, 0) is 39.5 Å². The average molecular weight is 419 g/mol. The Morgan fingerprint density at radius 3 is 2.67 bits per heavy atom. The van der Waals surface area contributed by atoms with Gasteiger partial charge in [-0.1, -0.05) is 19.3 Å². The number of imidazole rings is 1. The zero-order valence-corrected chi connectivity index (χ0v) is 19.2. The molecule has 1 saturated heterocycles. The fourth-order valence-corrected chi connectivity index (χ4v) is 4.74. The monoisotopic (exact) mass is 418 g/mol. The normalized spacial score (nSPS) is 20.3. The zero-order chi connectivity index (χ0) is 21.1. The molecule has 1 saturated carbocycles. The average Bonchev–Trinajstić information content (AvgIpc) is 3.18. The highest BCUT2D eigenvalue weighted by atomic mass is 16.5. The lowest BCUT2D eigenvalue weighted by atomic mass is 9.73. The van der Waals surface area contributed by atoms with E-state index in [-0.39, 0.29) is 0 Å². The minimum Gasteiger partial charge on any atom is -0.379 e. The maximum Gasteiger partial charge on any atom is 0.191 e. The summed E-state index contributed by atoms with van der Waals surface area (Å²) < 4.78 is 7.77. The Morgan fingerprint density at radius 1 is 1.17 bits per heavy atom. The second kappa shape index (κ2) is 12.3. The smallest absolute Gasteiger partial charge is 0.191 e. The minimum atomic E-state index is 0.330. The van der Waals surface area contributed by atoms with Gasteiger partial charge in [0.05, 0.1) is 13.2 Å². The van der Waals surface area contributed by atoms with Crippen LogP contribution in [-0.4, -0.2) is 72.9 Å². The van der Waals surface area contributed by atoms with Crippen molar-refractivity contribution in [1.29, 1.82) is 0 Å². The molecule has 1 aliphatic carbocycles. The molecule has 1 aliphatic heterocycles. The molecular weight excluding hydrogens is 376 g/mol.